The predicted molar refractivity (Wildman–Crippen MR) is 83.3 cm³/mol. The molecule has 0 radical (unpaired) electrons. The highest BCUT2D eigenvalue weighted by atomic mass is 32.1. The van der Waals surface area contributed by atoms with Crippen molar-refractivity contribution >= 4 is 11.3 Å². The Bertz CT molecular complexity index is 564. The molecule has 102 valence electrons. The molecule has 1 heterocycles. The zero-order valence-electron chi connectivity index (χ0n) is 12.2. The molecule has 0 aliphatic heterocycles. The molecular weight excluding hydrogens is 252 g/mol. The number of phenols is 1. The zero-order chi connectivity index (χ0) is 14.0. The molecule has 1 nitrogen and oxygen atoms in total. The fourth-order valence-corrected chi connectivity index (χ4v) is 4.05. The van der Waals surface area contributed by atoms with Gasteiger partial charge in [0.25, 0.3) is 0 Å². The minimum absolute atomic E-state index is 0.0807. The molecular formula is C17H22OS. The summed E-state index contributed by atoms with van der Waals surface area (Å²) < 4.78 is 0. The molecule has 2 heteroatoms. The fourth-order valence-electron chi connectivity index (χ4n) is 2.78. The molecule has 19 heavy (non-hydrogen) atoms. The number of hydrogen-bond donors (Lipinski definition) is 1. The summed E-state index contributed by atoms with van der Waals surface area (Å²) in [6.07, 6.45) is 2.15. The second-order valence-electron chi connectivity index (χ2n) is 5.28. The molecule has 0 bridgehead atoms. The monoisotopic (exact) mass is 274 g/mol. The van der Waals surface area contributed by atoms with Gasteiger partial charge < -0.3 is 5.11 Å². The fraction of sp³-hybridized carbons (Fsp3) is 0.412. The maximum atomic E-state index is 9.73. The molecule has 0 aliphatic rings. The number of aryl methyl sites for hydroxylation is 2. The highest BCUT2D eigenvalue weighted by Gasteiger charge is 2.32. The van der Waals surface area contributed by atoms with E-state index in [2.05, 4.69) is 44.4 Å². The number of hydrogen-bond acceptors (Lipinski definition) is 2. The number of rotatable bonds is 4. The minimum atomic E-state index is 0.0807. The first kappa shape index (κ1) is 14.1. The summed E-state index contributed by atoms with van der Waals surface area (Å²) in [5.74, 6) is 0.382. The second kappa shape index (κ2) is 5.38. The Kier molecular flexibility index (Phi) is 4.00. The third-order valence-electron chi connectivity index (χ3n) is 4.16. The first-order valence-electron chi connectivity index (χ1n) is 6.89. The van der Waals surface area contributed by atoms with Crippen LogP contribution in [0.15, 0.2) is 29.6 Å². The zero-order valence-corrected chi connectivity index (χ0v) is 13.0. The van der Waals surface area contributed by atoms with Gasteiger partial charge in [-0.2, -0.15) is 0 Å². The first-order valence-corrected chi connectivity index (χ1v) is 7.77. The van der Waals surface area contributed by atoms with Crippen LogP contribution in [0.3, 0.4) is 0 Å². The van der Waals surface area contributed by atoms with Crippen molar-refractivity contribution in [3.05, 3.63) is 51.2 Å². The SMILES string of the molecule is CCC(CC)(c1ccc(O)c(C)c1)c1cc(C)cs1. The van der Waals surface area contributed by atoms with Crippen LogP contribution in [0.25, 0.3) is 0 Å². The Hall–Kier alpha value is -1.28. The molecule has 1 N–H and O–H groups in total. The summed E-state index contributed by atoms with van der Waals surface area (Å²) in [5.41, 5.74) is 3.69. The number of phenolic OH excluding ortho intramolecular Hbond substituents is 1. The van der Waals surface area contributed by atoms with Crippen molar-refractivity contribution in [3.63, 3.8) is 0 Å². The van der Waals surface area contributed by atoms with E-state index in [4.69, 9.17) is 0 Å². The molecule has 0 amide bonds. The molecule has 1 aromatic carbocycles. The Labute approximate surface area is 119 Å². The van der Waals surface area contributed by atoms with Gasteiger partial charge in [0, 0.05) is 10.3 Å². The minimum Gasteiger partial charge on any atom is -0.508 e. The van der Waals surface area contributed by atoms with Crippen LogP contribution in [0.2, 0.25) is 0 Å². The number of aromatic hydroxyl groups is 1. The Balaban J connectivity index is 2.58. The maximum Gasteiger partial charge on any atom is 0.118 e. The van der Waals surface area contributed by atoms with Gasteiger partial charge in [-0.05, 0) is 60.9 Å². The smallest absolute Gasteiger partial charge is 0.118 e. The van der Waals surface area contributed by atoms with Crippen molar-refractivity contribution in [2.75, 3.05) is 0 Å². The Morgan fingerprint density at radius 2 is 1.79 bits per heavy atom. The molecule has 2 aromatic rings. The van der Waals surface area contributed by atoms with E-state index in [1.165, 1.54) is 16.0 Å². The van der Waals surface area contributed by atoms with Gasteiger partial charge in [-0.1, -0.05) is 26.0 Å². The largest absolute Gasteiger partial charge is 0.508 e. The highest BCUT2D eigenvalue weighted by Crippen LogP contribution is 2.42. The van der Waals surface area contributed by atoms with E-state index in [0.717, 1.165) is 18.4 Å². The van der Waals surface area contributed by atoms with Crippen molar-refractivity contribution in [2.45, 2.75) is 46.0 Å². The van der Waals surface area contributed by atoms with Crippen LogP contribution in [0.5, 0.6) is 5.75 Å². The molecule has 2 rings (SSSR count). The molecule has 1 aromatic heterocycles. The van der Waals surface area contributed by atoms with E-state index in [1.807, 2.05) is 24.3 Å². The van der Waals surface area contributed by atoms with Crippen molar-refractivity contribution < 1.29 is 5.11 Å². The Morgan fingerprint density at radius 3 is 2.26 bits per heavy atom. The topological polar surface area (TPSA) is 20.2 Å². The highest BCUT2D eigenvalue weighted by molar-refractivity contribution is 7.10. The van der Waals surface area contributed by atoms with Crippen molar-refractivity contribution in [1.82, 2.24) is 0 Å². The lowest BCUT2D eigenvalue weighted by Crippen LogP contribution is -2.24. The van der Waals surface area contributed by atoms with Crippen LogP contribution >= 0.6 is 11.3 Å². The van der Waals surface area contributed by atoms with Crippen molar-refractivity contribution in [1.29, 1.82) is 0 Å². The Morgan fingerprint density at radius 1 is 1.11 bits per heavy atom. The van der Waals surface area contributed by atoms with E-state index in [-0.39, 0.29) is 5.41 Å². The lowest BCUT2D eigenvalue weighted by atomic mass is 9.74. The van der Waals surface area contributed by atoms with Crippen LogP contribution in [0.1, 0.15) is 48.3 Å². The van der Waals surface area contributed by atoms with E-state index in [1.54, 1.807) is 0 Å². The standard InChI is InChI=1S/C17H22OS/c1-5-17(6-2,16-9-12(3)11-19-16)14-7-8-15(18)13(4)10-14/h7-11,18H,5-6H2,1-4H3. The van der Waals surface area contributed by atoms with Gasteiger partial charge in [-0.15, -0.1) is 11.3 Å². The molecule has 0 aliphatic carbocycles. The average molecular weight is 274 g/mol. The normalized spacial score (nSPS) is 11.8. The van der Waals surface area contributed by atoms with Crippen LogP contribution < -0.4 is 0 Å². The van der Waals surface area contributed by atoms with Crippen molar-refractivity contribution in [2.24, 2.45) is 0 Å². The first-order chi connectivity index (χ1) is 9.03. The predicted octanol–water partition coefficient (Wildman–Crippen LogP) is 5.18. The third-order valence-corrected chi connectivity index (χ3v) is 5.41. The third kappa shape index (κ3) is 2.42. The quantitative estimate of drug-likeness (QED) is 0.814. The molecule has 0 spiro atoms. The second-order valence-corrected chi connectivity index (χ2v) is 6.19. The summed E-state index contributed by atoms with van der Waals surface area (Å²) in [5, 5.41) is 12.0. The summed E-state index contributed by atoms with van der Waals surface area (Å²) in [7, 11) is 0. The van der Waals surface area contributed by atoms with E-state index in [9.17, 15) is 5.11 Å². The maximum absolute atomic E-state index is 9.73. The average Bonchev–Trinajstić information content (AvgIpc) is 2.83. The molecule has 0 saturated heterocycles. The molecule has 0 atom stereocenters. The van der Waals surface area contributed by atoms with Gasteiger partial charge in [0.2, 0.25) is 0 Å². The lowest BCUT2D eigenvalue weighted by molar-refractivity contribution is 0.464. The van der Waals surface area contributed by atoms with Gasteiger partial charge in [0.1, 0.15) is 5.75 Å². The lowest BCUT2D eigenvalue weighted by Gasteiger charge is -2.32. The summed E-state index contributed by atoms with van der Waals surface area (Å²) in [6, 6.07) is 8.34. The van der Waals surface area contributed by atoms with Crippen LogP contribution in [0, 0.1) is 13.8 Å². The molecule has 0 fully saturated rings. The van der Waals surface area contributed by atoms with Crippen molar-refractivity contribution in [3.8, 4) is 5.75 Å². The summed E-state index contributed by atoms with van der Waals surface area (Å²) >= 11 is 1.85. The number of benzene rings is 1. The van der Waals surface area contributed by atoms with Gasteiger partial charge in [-0.3, -0.25) is 0 Å². The summed E-state index contributed by atoms with van der Waals surface area (Å²) in [6.45, 7) is 8.62. The van der Waals surface area contributed by atoms with Crippen LogP contribution in [-0.2, 0) is 5.41 Å². The van der Waals surface area contributed by atoms with E-state index < -0.39 is 0 Å². The van der Waals surface area contributed by atoms with Gasteiger partial charge in [-0.25, -0.2) is 0 Å². The van der Waals surface area contributed by atoms with E-state index in [0.29, 0.717) is 5.75 Å². The van der Waals surface area contributed by atoms with Crippen LogP contribution in [0.4, 0.5) is 0 Å². The van der Waals surface area contributed by atoms with E-state index >= 15 is 0 Å². The summed E-state index contributed by atoms with van der Waals surface area (Å²) in [4.78, 5) is 1.43. The number of thiophene rings is 1. The van der Waals surface area contributed by atoms with Gasteiger partial charge >= 0.3 is 0 Å². The molecule has 0 unspecified atom stereocenters. The van der Waals surface area contributed by atoms with Gasteiger partial charge in [0.15, 0.2) is 0 Å². The molecule has 0 saturated carbocycles. The van der Waals surface area contributed by atoms with Crippen LogP contribution in [-0.4, -0.2) is 5.11 Å². The van der Waals surface area contributed by atoms with Gasteiger partial charge in [0.05, 0.1) is 0 Å².